The minimum absolute atomic E-state index is 0.414. The van der Waals surface area contributed by atoms with Crippen LogP contribution in [0.25, 0.3) is 0 Å². The van der Waals surface area contributed by atoms with Crippen LogP contribution in [-0.4, -0.2) is 10.1 Å². The highest BCUT2D eigenvalue weighted by Gasteiger charge is 2.04. The number of hydrogen-bond acceptors (Lipinski definition) is 2. The second-order valence-corrected chi connectivity index (χ2v) is 2.80. The zero-order valence-electron chi connectivity index (χ0n) is 7.13. The lowest BCUT2D eigenvalue weighted by molar-refractivity contribution is 0.198. The molecule has 0 spiro atoms. The lowest BCUT2D eigenvalue weighted by Crippen LogP contribution is -1.97. The monoisotopic (exact) mass is 151 g/mol. The molecule has 0 aliphatic carbocycles. The summed E-state index contributed by atoms with van der Waals surface area (Å²) in [6.07, 6.45) is -0.414. The predicted molar refractivity (Wildman–Crippen MR) is 44.3 cm³/mol. The van der Waals surface area contributed by atoms with E-state index in [0.717, 1.165) is 17.0 Å². The van der Waals surface area contributed by atoms with Gasteiger partial charge in [-0.2, -0.15) is 0 Å². The van der Waals surface area contributed by atoms with E-state index in [-0.39, 0.29) is 0 Å². The van der Waals surface area contributed by atoms with Gasteiger partial charge < -0.3 is 5.11 Å². The molecule has 0 radical (unpaired) electrons. The van der Waals surface area contributed by atoms with Crippen LogP contribution in [0, 0.1) is 13.8 Å². The zero-order chi connectivity index (χ0) is 8.43. The summed E-state index contributed by atoms with van der Waals surface area (Å²) in [5.41, 5.74) is 2.82. The van der Waals surface area contributed by atoms with E-state index >= 15 is 0 Å². The molecular weight excluding hydrogens is 138 g/mol. The van der Waals surface area contributed by atoms with Gasteiger partial charge in [0.1, 0.15) is 0 Å². The highest BCUT2D eigenvalue weighted by atomic mass is 16.3. The summed E-state index contributed by atoms with van der Waals surface area (Å²) < 4.78 is 0. The van der Waals surface area contributed by atoms with Gasteiger partial charge in [0, 0.05) is 17.0 Å². The standard InChI is InChI=1S/C9H13NO/c1-6-4-5-9(8(3)11)7(2)10-6/h4-5,8,11H,1-3H3. The van der Waals surface area contributed by atoms with Crippen molar-refractivity contribution in [1.82, 2.24) is 4.98 Å². The maximum absolute atomic E-state index is 9.26. The van der Waals surface area contributed by atoms with E-state index in [1.54, 1.807) is 6.92 Å². The second-order valence-electron chi connectivity index (χ2n) is 2.80. The van der Waals surface area contributed by atoms with Crippen LogP contribution in [0.15, 0.2) is 12.1 Å². The van der Waals surface area contributed by atoms with Gasteiger partial charge in [0.05, 0.1) is 6.10 Å². The first-order valence-corrected chi connectivity index (χ1v) is 3.73. The third-order valence-electron chi connectivity index (χ3n) is 1.72. The van der Waals surface area contributed by atoms with E-state index < -0.39 is 6.10 Å². The number of aliphatic hydroxyl groups excluding tert-OH is 1. The van der Waals surface area contributed by atoms with Crippen LogP contribution < -0.4 is 0 Å². The predicted octanol–water partition coefficient (Wildman–Crippen LogP) is 1.75. The molecule has 0 bridgehead atoms. The molecule has 1 heterocycles. The largest absolute Gasteiger partial charge is 0.389 e. The summed E-state index contributed by atoms with van der Waals surface area (Å²) in [6.45, 7) is 5.60. The lowest BCUT2D eigenvalue weighted by Gasteiger charge is -2.07. The Labute approximate surface area is 66.9 Å². The number of nitrogens with zero attached hydrogens (tertiary/aromatic N) is 1. The molecule has 0 amide bonds. The third-order valence-corrected chi connectivity index (χ3v) is 1.72. The Morgan fingerprint density at radius 3 is 2.45 bits per heavy atom. The van der Waals surface area contributed by atoms with Crippen molar-refractivity contribution in [1.29, 1.82) is 0 Å². The SMILES string of the molecule is Cc1ccc(C(C)O)c(C)n1. The van der Waals surface area contributed by atoms with Crippen LogP contribution in [0.4, 0.5) is 0 Å². The highest BCUT2D eigenvalue weighted by molar-refractivity contribution is 5.23. The van der Waals surface area contributed by atoms with Crippen molar-refractivity contribution in [2.24, 2.45) is 0 Å². The van der Waals surface area contributed by atoms with Crippen molar-refractivity contribution in [3.63, 3.8) is 0 Å². The number of aliphatic hydroxyl groups is 1. The van der Waals surface area contributed by atoms with Gasteiger partial charge in [0.25, 0.3) is 0 Å². The van der Waals surface area contributed by atoms with Crippen molar-refractivity contribution < 1.29 is 5.11 Å². The number of rotatable bonds is 1. The van der Waals surface area contributed by atoms with E-state index in [4.69, 9.17) is 0 Å². The van der Waals surface area contributed by atoms with Crippen LogP contribution in [0.5, 0.6) is 0 Å². The first-order chi connectivity index (χ1) is 5.11. The van der Waals surface area contributed by atoms with E-state index in [0.29, 0.717) is 0 Å². The van der Waals surface area contributed by atoms with Crippen LogP contribution in [-0.2, 0) is 0 Å². The molecule has 60 valence electrons. The molecule has 1 aromatic heterocycles. The first kappa shape index (κ1) is 8.21. The second kappa shape index (κ2) is 3.01. The lowest BCUT2D eigenvalue weighted by atomic mass is 10.1. The van der Waals surface area contributed by atoms with E-state index in [2.05, 4.69) is 4.98 Å². The Morgan fingerprint density at radius 1 is 1.36 bits per heavy atom. The Bertz CT molecular complexity index is 256. The fourth-order valence-electron chi connectivity index (χ4n) is 1.14. The molecule has 1 rings (SSSR count). The van der Waals surface area contributed by atoms with Crippen LogP contribution in [0.3, 0.4) is 0 Å². The molecule has 1 atom stereocenters. The van der Waals surface area contributed by atoms with Crippen molar-refractivity contribution in [3.8, 4) is 0 Å². The summed E-state index contributed by atoms with van der Waals surface area (Å²) in [4.78, 5) is 4.23. The van der Waals surface area contributed by atoms with E-state index in [9.17, 15) is 5.11 Å². The van der Waals surface area contributed by atoms with Gasteiger partial charge >= 0.3 is 0 Å². The van der Waals surface area contributed by atoms with Crippen molar-refractivity contribution in [3.05, 3.63) is 29.1 Å². The minimum atomic E-state index is -0.414. The molecule has 0 aromatic carbocycles. The van der Waals surface area contributed by atoms with Crippen molar-refractivity contribution in [2.75, 3.05) is 0 Å². The fraction of sp³-hybridized carbons (Fsp3) is 0.444. The Hall–Kier alpha value is -0.890. The quantitative estimate of drug-likeness (QED) is 0.663. The fourth-order valence-corrected chi connectivity index (χ4v) is 1.14. The van der Waals surface area contributed by atoms with E-state index in [1.807, 2.05) is 26.0 Å². The summed E-state index contributed by atoms with van der Waals surface area (Å²) in [6, 6.07) is 3.83. The molecule has 1 aromatic rings. The topological polar surface area (TPSA) is 33.1 Å². The smallest absolute Gasteiger partial charge is 0.0779 e. The minimum Gasteiger partial charge on any atom is -0.389 e. The third kappa shape index (κ3) is 1.77. The van der Waals surface area contributed by atoms with Gasteiger partial charge in [-0.1, -0.05) is 6.07 Å². The Morgan fingerprint density at radius 2 is 2.00 bits per heavy atom. The molecule has 0 saturated carbocycles. The van der Waals surface area contributed by atoms with Crippen LogP contribution >= 0.6 is 0 Å². The van der Waals surface area contributed by atoms with Gasteiger partial charge in [0.15, 0.2) is 0 Å². The number of hydrogen-bond donors (Lipinski definition) is 1. The molecule has 2 nitrogen and oxygen atoms in total. The van der Waals surface area contributed by atoms with Gasteiger partial charge in [-0.15, -0.1) is 0 Å². The van der Waals surface area contributed by atoms with E-state index in [1.165, 1.54) is 0 Å². The van der Waals surface area contributed by atoms with Crippen molar-refractivity contribution >= 4 is 0 Å². The Kier molecular flexibility index (Phi) is 2.25. The first-order valence-electron chi connectivity index (χ1n) is 3.73. The molecule has 0 fully saturated rings. The molecular formula is C9H13NO. The normalized spacial score (nSPS) is 13.1. The summed E-state index contributed by atoms with van der Waals surface area (Å²) in [5.74, 6) is 0. The molecule has 0 aliphatic rings. The zero-order valence-corrected chi connectivity index (χ0v) is 7.13. The summed E-state index contributed by atoms with van der Waals surface area (Å²) >= 11 is 0. The average molecular weight is 151 g/mol. The van der Waals surface area contributed by atoms with Gasteiger partial charge in [-0.05, 0) is 26.8 Å². The van der Waals surface area contributed by atoms with Gasteiger partial charge in [-0.3, -0.25) is 4.98 Å². The average Bonchev–Trinajstić information content (AvgIpc) is 1.85. The number of aromatic nitrogens is 1. The van der Waals surface area contributed by atoms with Crippen LogP contribution in [0.1, 0.15) is 30.0 Å². The molecule has 1 unspecified atom stereocenters. The van der Waals surface area contributed by atoms with Gasteiger partial charge in [0.2, 0.25) is 0 Å². The summed E-state index contributed by atoms with van der Waals surface area (Å²) in [5, 5.41) is 9.26. The molecule has 0 aliphatic heterocycles. The number of pyridine rings is 1. The van der Waals surface area contributed by atoms with Gasteiger partial charge in [-0.25, -0.2) is 0 Å². The van der Waals surface area contributed by atoms with Crippen molar-refractivity contribution in [2.45, 2.75) is 26.9 Å². The molecule has 11 heavy (non-hydrogen) atoms. The maximum atomic E-state index is 9.26. The summed E-state index contributed by atoms with van der Waals surface area (Å²) in [7, 11) is 0. The molecule has 2 heteroatoms. The Balaban J connectivity index is 3.09. The number of aryl methyl sites for hydroxylation is 2. The molecule has 0 saturated heterocycles. The highest BCUT2D eigenvalue weighted by Crippen LogP contribution is 2.14. The van der Waals surface area contributed by atoms with Crippen LogP contribution in [0.2, 0.25) is 0 Å². The maximum Gasteiger partial charge on any atom is 0.0779 e. The molecule has 1 N–H and O–H groups in total.